The Labute approximate surface area is 191 Å². The molecule has 0 aliphatic carbocycles. The number of aryl methyl sites for hydroxylation is 1. The Hall–Kier alpha value is -2.49. The second kappa shape index (κ2) is 8.13. The van der Waals surface area contributed by atoms with Gasteiger partial charge in [-0.2, -0.15) is 5.10 Å². The van der Waals surface area contributed by atoms with Crippen LogP contribution < -0.4 is 4.74 Å². The number of likely N-dealkylation sites (N-methyl/N-ethyl adjacent to an activating group) is 1. The van der Waals surface area contributed by atoms with E-state index in [1.165, 1.54) is 11.3 Å². The zero-order valence-corrected chi connectivity index (χ0v) is 19.7. The number of aromatic hydroxyl groups is 1. The predicted octanol–water partition coefficient (Wildman–Crippen LogP) is 3.81. The van der Waals surface area contributed by atoms with Crippen LogP contribution in [0.2, 0.25) is 0 Å². The van der Waals surface area contributed by atoms with Crippen molar-refractivity contribution in [2.75, 3.05) is 14.2 Å². The lowest BCUT2D eigenvalue weighted by molar-refractivity contribution is -0.119. The quantitative estimate of drug-likeness (QED) is 0.626. The van der Waals surface area contributed by atoms with Crippen LogP contribution in [0.15, 0.2) is 30.5 Å². The molecule has 2 fully saturated rings. The minimum absolute atomic E-state index is 0.0685. The SMILES string of the molecule is COC1CCC2(C)CC(Oc3nnc(-c4ccc(-n5ccc(C)n5)cc4O)s3)CC1N2C. The molecule has 2 aliphatic heterocycles. The lowest BCUT2D eigenvalue weighted by atomic mass is 9.73. The van der Waals surface area contributed by atoms with Crippen LogP contribution in [0.4, 0.5) is 0 Å². The van der Waals surface area contributed by atoms with Crippen molar-refractivity contribution in [3.05, 3.63) is 36.2 Å². The summed E-state index contributed by atoms with van der Waals surface area (Å²) >= 11 is 1.36. The van der Waals surface area contributed by atoms with E-state index in [9.17, 15) is 5.11 Å². The van der Waals surface area contributed by atoms with Gasteiger partial charge in [-0.15, -0.1) is 5.10 Å². The van der Waals surface area contributed by atoms with Crippen molar-refractivity contribution in [2.24, 2.45) is 0 Å². The normalized spacial score (nSPS) is 28.1. The van der Waals surface area contributed by atoms with Crippen LogP contribution in [0.5, 0.6) is 10.9 Å². The lowest BCUT2D eigenvalue weighted by Crippen LogP contribution is -2.64. The van der Waals surface area contributed by atoms with E-state index in [4.69, 9.17) is 9.47 Å². The highest BCUT2D eigenvalue weighted by Crippen LogP contribution is 2.43. The summed E-state index contributed by atoms with van der Waals surface area (Å²) < 4.78 is 13.8. The van der Waals surface area contributed by atoms with Gasteiger partial charge in [0.25, 0.3) is 5.19 Å². The highest BCUT2D eigenvalue weighted by Gasteiger charge is 2.49. The molecule has 0 saturated carbocycles. The summed E-state index contributed by atoms with van der Waals surface area (Å²) in [7, 11) is 4.00. The molecule has 9 heteroatoms. The van der Waals surface area contributed by atoms with E-state index in [-0.39, 0.29) is 23.5 Å². The number of phenolic OH excluding ortho intramolecular Hbond substituents is 1. The maximum absolute atomic E-state index is 10.6. The molecular formula is C23H29N5O3S. The molecule has 2 aromatic heterocycles. The van der Waals surface area contributed by atoms with Crippen molar-refractivity contribution in [1.29, 1.82) is 0 Å². The number of phenols is 1. The van der Waals surface area contributed by atoms with Crippen molar-refractivity contribution in [2.45, 2.75) is 63.3 Å². The third-order valence-electron chi connectivity index (χ3n) is 7.09. The van der Waals surface area contributed by atoms with Crippen molar-refractivity contribution >= 4 is 11.3 Å². The molecular weight excluding hydrogens is 426 g/mol. The number of benzene rings is 1. The summed E-state index contributed by atoms with van der Waals surface area (Å²) in [6.45, 7) is 4.24. The Balaban J connectivity index is 1.32. The average Bonchev–Trinajstić information content (AvgIpc) is 3.39. The fourth-order valence-electron chi connectivity index (χ4n) is 5.15. The molecule has 1 N–H and O–H groups in total. The van der Waals surface area contributed by atoms with Crippen LogP contribution in [0.25, 0.3) is 16.3 Å². The molecule has 2 aliphatic rings. The highest BCUT2D eigenvalue weighted by molar-refractivity contribution is 7.16. The van der Waals surface area contributed by atoms with Crippen LogP contribution in [0.1, 0.15) is 38.3 Å². The Bertz CT molecular complexity index is 1110. The monoisotopic (exact) mass is 455 g/mol. The first-order chi connectivity index (χ1) is 15.4. The van der Waals surface area contributed by atoms with Gasteiger partial charge in [0.1, 0.15) is 11.9 Å². The minimum atomic E-state index is 0.0685. The molecule has 2 saturated heterocycles. The number of ether oxygens (including phenoxy) is 2. The first kappa shape index (κ1) is 21.4. The molecule has 170 valence electrons. The highest BCUT2D eigenvalue weighted by atomic mass is 32.1. The third kappa shape index (κ3) is 3.78. The molecule has 0 spiro atoms. The summed E-state index contributed by atoms with van der Waals surface area (Å²) in [5.41, 5.74) is 2.45. The minimum Gasteiger partial charge on any atom is -0.507 e. The Kier molecular flexibility index (Phi) is 5.43. The summed E-state index contributed by atoms with van der Waals surface area (Å²) in [4.78, 5) is 2.47. The molecule has 2 bridgehead atoms. The van der Waals surface area contributed by atoms with E-state index in [1.807, 2.05) is 31.3 Å². The predicted molar refractivity (Wildman–Crippen MR) is 123 cm³/mol. The maximum atomic E-state index is 10.6. The summed E-state index contributed by atoms with van der Waals surface area (Å²) in [5.74, 6) is 0.141. The van der Waals surface area contributed by atoms with E-state index >= 15 is 0 Å². The topological polar surface area (TPSA) is 85.5 Å². The standard InChI is InChI=1S/C23H29N5O3S/c1-14-8-10-28(26-14)15-5-6-17(19(29)11-15)21-24-25-22(32-21)31-16-12-18-20(30-4)7-9-23(2,13-16)27(18)3/h5-6,8,10-11,16,18,20,29H,7,9,12-13H2,1-4H3. The van der Waals surface area contributed by atoms with Gasteiger partial charge in [-0.25, -0.2) is 4.68 Å². The Morgan fingerprint density at radius 3 is 2.81 bits per heavy atom. The number of piperidine rings is 2. The molecule has 3 aromatic rings. The Morgan fingerprint density at radius 2 is 2.09 bits per heavy atom. The van der Waals surface area contributed by atoms with Gasteiger partial charge >= 0.3 is 0 Å². The number of hydrogen-bond donors (Lipinski definition) is 1. The number of hydrogen-bond acceptors (Lipinski definition) is 8. The summed E-state index contributed by atoms with van der Waals surface area (Å²) in [6, 6.07) is 7.70. The molecule has 0 amide bonds. The van der Waals surface area contributed by atoms with Gasteiger partial charge in [-0.1, -0.05) is 16.4 Å². The van der Waals surface area contributed by atoms with E-state index in [2.05, 4.69) is 34.2 Å². The van der Waals surface area contributed by atoms with E-state index in [0.29, 0.717) is 21.8 Å². The molecule has 5 rings (SSSR count). The average molecular weight is 456 g/mol. The molecule has 8 nitrogen and oxygen atoms in total. The van der Waals surface area contributed by atoms with Crippen LogP contribution >= 0.6 is 11.3 Å². The zero-order chi connectivity index (χ0) is 22.5. The molecule has 0 radical (unpaired) electrons. The smallest absolute Gasteiger partial charge is 0.294 e. The van der Waals surface area contributed by atoms with Gasteiger partial charge < -0.3 is 14.6 Å². The van der Waals surface area contributed by atoms with Crippen LogP contribution in [0, 0.1) is 6.92 Å². The van der Waals surface area contributed by atoms with Crippen molar-refractivity contribution < 1.29 is 14.6 Å². The maximum Gasteiger partial charge on any atom is 0.294 e. The summed E-state index contributed by atoms with van der Waals surface area (Å²) in [5, 5.41) is 24.7. The summed E-state index contributed by atoms with van der Waals surface area (Å²) in [6.07, 6.45) is 6.21. The fourth-order valence-corrected chi connectivity index (χ4v) is 5.94. The van der Waals surface area contributed by atoms with Gasteiger partial charge in [0.05, 0.1) is 23.0 Å². The van der Waals surface area contributed by atoms with E-state index < -0.39 is 0 Å². The first-order valence-electron chi connectivity index (χ1n) is 11.0. The molecule has 32 heavy (non-hydrogen) atoms. The number of nitrogens with zero attached hydrogens (tertiary/aromatic N) is 5. The third-order valence-corrected chi connectivity index (χ3v) is 7.94. The van der Waals surface area contributed by atoms with E-state index in [0.717, 1.165) is 37.1 Å². The van der Waals surface area contributed by atoms with Crippen LogP contribution in [-0.2, 0) is 4.74 Å². The Morgan fingerprint density at radius 1 is 1.25 bits per heavy atom. The van der Waals surface area contributed by atoms with Gasteiger partial charge in [-0.3, -0.25) is 4.90 Å². The number of aromatic nitrogens is 4. The van der Waals surface area contributed by atoms with Crippen molar-refractivity contribution in [3.63, 3.8) is 0 Å². The number of methoxy groups -OCH3 is 1. The zero-order valence-electron chi connectivity index (χ0n) is 18.9. The lowest BCUT2D eigenvalue weighted by Gasteiger charge is -2.55. The van der Waals surface area contributed by atoms with Gasteiger partial charge in [0.2, 0.25) is 0 Å². The molecule has 4 unspecified atom stereocenters. The van der Waals surface area contributed by atoms with E-state index in [1.54, 1.807) is 17.9 Å². The van der Waals surface area contributed by atoms with Gasteiger partial charge in [0, 0.05) is 43.8 Å². The second-order valence-corrected chi connectivity index (χ2v) is 10.1. The molecule has 4 heterocycles. The number of rotatable bonds is 5. The van der Waals surface area contributed by atoms with Crippen molar-refractivity contribution in [3.8, 4) is 27.2 Å². The first-order valence-corrected chi connectivity index (χ1v) is 11.8. The van der Waals surface area contributed by atoms with Gasteiger partial charge in [-0.05, 0) is 51.9 Å². The van der Waals surface area contributed by atoms with Crippen LogP contribution in [0.3, 0.4) is 0 Å². The van der Waals surface area contributed by atoms with Gasteiger partial charge in [0.15, 0.2) is 5.01 Å². The molecule has 1 aromatic carbocycles. The second-order valence-electron chi connectivity index (χ2n) is 9.14. The van der Waals surface area contributed by atoms with Crippen LogP contribution in [-0.4, -0.2) is 67.9 Å². The largest absolute Gasteiger partial charge is 0.507 e. The fraction of sp³-hybridized carbons (Fsp3) is 0.522. The van der Waals surface area contributed by atoms with Crippen molar-refractivity contribution in [1.82, 2.24) is 24.9 Å². The number of fused-ring (bicyclic) bond motifs is 2. The molecule has 4 atom stereocenters.